The Labute approximate surface area is 138 Å². The van der Waals surface area contributed by atoms with Gasteiger partial charge >= 0.3 is 0 Å². The number of aromatic hydroxyl groups is 3. The Morgan fingerprint density at radius 1 is 0.667 bits per heavy atom. The van der Waals surface area contributed by atoms with Crippen LogP contribution in [0.2, 0.25) is 0 Å². The monoisotopic (exact) mass is 321 g/mol. The first-order valence-corrected chi connectivity index (χ1v) is 7.22. The molecule has 0 saturated heterocycles. The summed E-state index contributed by atoms with van der Waals surface area (Å²) in [5.74, 6) is -0.465. The molecule has 0 radical (unpaired) electrons. The van der Waals surface area contributed by atoms with E-state index in [0.29, 0.717) is 22.3 Å². The third-order valence-corrected chi connectivity index (χ3v) is 3.76. The second-order valence-electron chi connectivity index (χ2n) is 5.34. The molecule has 0 aliphatic carbocycles. The average Bonchev–Trinajstić information content (AvgIpc) is 2.56. The Hall–Kier alpha value is -3.47. The molecule has 5 nitrogen and oxygen atoms in total. The summed E-state index contributed by atoms with van der Waals surface area (Å²) in [6.07, 6.45) is 0. The van der Waals surface area contributed by atoms with Crippen molar-refractivity contribution in [3.8, 4) is 39.5 Å². The number of carbonyl (C=O) groups excluding carboxylic acids is 1. The highest BCUT2D eigenvalue weighted by atomic mass is 16.3. The van der Waals surface area contributed by atoms with E-state index in [4.69, 9.17) is 5.73 Å². The van der Waals surface area contributed by atoms with Crippen LogP contribution < -0.4 is 5.73 Å². The van der Waals surface area contributed by atoms with Crippen molar-refractivity contribution in [2.75, 3.05) is 0 Å². The highest BCUT2D eigenvalue weighted by molar-refractivity contribution is 6.05. The number of hydrogen-bond donors (Lipinski definition) is 4. The van der Waals surface area contributed by atoms with Crippen LogP contribution in [0.1, 0.15) is 10.4 Å². The van der Waals surface area contributed by atoms with Gasteiger partial charge in [-0.05, 0) is 47.5 Å². The highest BCUT2D eigenvalue weighted by Gasteiger charge is 2.19. The van der Waals surface area contributed by atoms with E-state index in [1.54, 1.807) is 24.3 Å². The van der Waals surface area contributed by atoms with Crippen molar-refractivity contribution in [1.29, 1.82) is 0 Å². The summed E-state index contributed by atoms with van der Waals surface area (Å²) in [6, 6.07) is 15.4. The van der Waals surface area contributed by atoms with E-state index in [1.807, 2.05) is 0 Å². The number of phenols is 3. The van der Waals surface area contributed by atoms with Crippen molar-refractivity contribution in [1.82, 2.24) is 0 Å². The van der Waals surface area contributed by atoms with Crippen LogP contribution in [0.15, 0.2) is 60.7 Å². The number of phenolic OH excluding ortho intramolecular Hbond substituents is 3. The zero-order valence-corrected chi connectivity index (χ0v) is 12.6. The standard InChI is InChI=1S/C19H15NO4/c20-19(24)15-9-10-16(23)18(12-3-7-14(22)8-4-12)17(15)11-1-5-13(21)6-2-11/h1-10,21-23H,(H2,20,24). The predicted octanol–water partition coefficient (Wildman–Crippen LogP) is 3.24. The fourth-order valence-electron chi connectivity index (χ4n) is 2.65. The summed E-state index contributed by atoms with van der Waals surface area (Å²) in [5, 5.41) is 29.3. The summed E-state index contributed by atoms with van der Waals surface area (Å²) in [7, 11) is 0. The molecule has 0 saturated carbocycles. The SMILES string of the molecule is NC(=O)c1ccc(O)c(-c2ccc(O)cc2)c1-c1ccc(O)cc1. The van der Waals surface area contributed by atoms with Gasteiger partial charge < -0.3 is 21.1 Å². The highest BCUT2D eigenvalue weighted by Crippen LogP contribution is 2.41. The van der Waals surface area contributed by atoms with Gasteiger partial charge in [-0.1, -0.05) is 24.3 Å². The normalized spacial score (nSPS) is 10.5. The molecule has 0 atom stereocenters. The number of hydrogen-bond acceptors (Lipinski definition) is 4. The molecule has 3 aromatic carbocycles. The van der Waals surface area contributed by atoms with Crippen LogP contribution >= 0.6 is 0 Å². The first kappa shape index (κ1) is 15.4. The molecule has 1 amide bonds. The minimum Gasteiger partial charge on any atom is -0.508 e. The zero-order valence-electron chi connectivity index (χ0n) is 12.6. The number of rotatable bonds is 3. The second kappa shape index (κ2) is 5.96. The number of amides is 1. The van der Waals surface area contributed by atoms with Crippen molar-refractivity contribution in [3.05, 3.63) is 66.2 Å². The lowest BCUT2D eigenvalue weighted by molar-refractivity contribution is 0.100. The molecule has 0 spiro atoms. The average molecular weight is 321 g/mol. The molecule has 0 aliphatic rings. The topological polar surface area (TPSA) is 104 Å². The molecule has 0 unspecified atom stereocenters. The fraction of sp³-hybridized carbons (Fsp3) is 0. The van der Waals surface area contributed by atoms with Gasteiger partial charge in [0.15, 0.2) is 0 Å². The lowest BCUT2D eigenvalue weighted by atomic mass is 9.89. The molecule has 0 heterocycles. The quantitative estimate of drug-likeness (QED) is 0.594. The summed E-state index contributed by atoms with van der Waals surface area (Å²) in [4.78, 5) is 11.9. The van der Waals surface area contributed by atoms with Crippen LogP contribution in [0.5, 0.6) is 17.2 Å². The van der Waals surface area contributed by atoms with Crippen LogP contribution in [-0.2, 0) is 0 Å². The summed E-state index contributed by atoms with van der Waals surface area (Å²) < 4.78 is 0. The van der Waals surface area contributed by atoms with Crippen LogP contribution in [-0.4, -0.2) is 21.2 Å². The van der Waals surface area contributed by atoms with Gasteiger partial charge in [0.1, 0.15) is 17.2 Å². The molecule has 0 aromatic heterocycles. The van der Waals surface area contributed by atoms with Crippen molar-refractivity contribution in [3.63, 3.8) is 0 Å². The van der Waals surface area contributed by atoms with E-state index in [1.165, 1.54) is 36.4 Å². The smallest absolute Gasteiger partial charge is 0.249 e. The first-order valence-electron chi connectivity index (χ1n) is 7.22. The fourth-order valence-corrected chi connectivity index (χ4v) is 2.65. The third-order valence-electron chi connectivity index (χ3n) is 3.76. The Balaban J connectivity index is 2.35. The van der Waals surface area contributed by atoms with Gasteiger partial charge in [0.05, 0.1) is 0 Å². The Morgan fingerprint density at radius 2 is 1.12 bits per heavy atom. The molecule has 24 heavy (non-hydrogen) atoms. The minimum atomic E-state index is -0.627. The Bertz CT molecular complexity index is 900. The molecule has 0 fully saturated rings. The van der Waals surface area contributed by atoms with Crippen molar-refractivity contribution in [2.45, 2.75) is 0 Å². The number of nitrogens with two attached hydrogens (primary N) is 1. The molecular formula is C19H15NO4. The third kappa shape index (κ3) is 2.75. The molecule has 5 N–H and O–H groups in total. The van der Waals surface area contributed by atoms with E-state index in [2.05, 4.69) is 0 Å². The summed E-state index contributed by atoms with van der Waals surface area (Å²) in [5.41, 5.74) is 7.89. The van der Waals surface area contributed by atoms with E-state index < -0.39 is 5.91 Å². The molecule has 120 valence electrons. The van der Waals surface area contributed by atoms with Gasteiger partial charge in [0, 0.05) is 16.7 Å². The summed E-state index contributed by atoms with van der Waals surface area (Å²) >= 11 is 0. The summed E-state index contributed by atoms with van der Waals surface area (Å²) in [6.45, 7) is 0. The molecule has 3 aromatic rings. The Kier molecular flexibility index (Phi) is 3.83. The van der Waals surface area contributed by atoms with E-state index in [9.17, 15) is 20.1 Å². The van der Waals surface area contributed by atoms with Gasteiger partial charge in [-0.3, -0.25) is 4.79 Å². The first-order chi connectivity index (χ1) is 11.5. The van der Waals surface area contributed by atoms with E-state index in [0.717, 1.165) is 0 Å². The van der Waals surface area contributed by atoms with Gasteiger partial charge in [0.2, 0.25) is 5.91 Å². The van der Waals surface area contributed by atoms with Gasteiger partial charge in [-0.15, -0.1) is 0 Å². The number of primary amides is 1. The molecular weight excluding hydrogens is 306 g/mol. The van der Waals surface area contributed by atoms with Gasteiger partial charge in [-0.2, -0.15) is 0 Å². The Morgan fingerprint density at radius 3 is 1.58 bits per heavy atom. The van der Waals surface area contributed by atoms with Gasteiger partial charge in [-0.25, -0.2) is 0 Å². The maximum Gasteiger partial charge on any atom is 0.249 e. The predicted molar refractivity (Wildman–Crippen MR) is 90.8 cm³/mol. The van der Waals surface area contributed by atoms with E-state index in [-0.39, 0.29) is 22.8 Å². The molecule has 3 rings (SSSR count). The van der Waals surface area contributed by atoms with Crippen LogP contribution in [0.25, 0.3) is 22.3 Å². The van der Waals surface area contributed by atoms with Crippen molar-refractivity contribution in [2.24, 2.45) is 5.73 Å². The largest absolute Gasteiger partial charge is 0.508 e. The molecule has 5 heteroatoms. The zero-order chi connectivity index (χ0) is 17.3. The maximum atomic E-state index is 11.9. The minimum absolute atomic E-state index is 0.0197. The molecule has 0 bridgehead atoms. The number of carbonyl (C=O) groups is 1. The van der Waals surface area contributed by atoms with Crippen LogP contribution in [0.3, 0.4) is 0 Å². The van der Waals surface area contributed by atoms with Crippen molar-refractivity contribution >= 4 is 5.91 Å². The number of benzene rings is 3. The second-order valence-corrected chi connectivity index (χ2v) is 5.34. The maximum absolute atomic E-state index is 11.9. The lowest BCUT2D eigenvalue weighted by Gasteiger charge is -2.16. The molecule has 0 aliphatic heterocycles. The van der Waals surface area contributed by atoms with Crippen LogP contribution in [0, 0.1) is 0 Å². The van der Waals surface area contributed by atoms with Crippen LogP contribution in [0.4, 0.5) is 0 Å². The lowest BCUT2D eigenvalue weighted by Crippen LogP contribution is -2.13. The van der Waals surface area contributed by atoms with E-state index >= 15 is 0 Å². The van der Waals surface area contributed by atoms with Crippen molar-refractivity contribution < 1.29 is 20.1 Å². The van der Waals surface area contributed by atoms with Gasteiger partial charge in [0.25, 0.3) is 0 Å².